The standard InChI is InChI=1S/C51H94O5/c1-4-7-10-13-16-19-22-25-28-31-34-37-40-43-46-54-47-49(56-51(53)45-42-39-36-33-30-27-24-21-18-15-12-9-6-3)48-55-50(52)44-41-38-35-32-29-26-23-20-17-14-11-8-5-2/h8,11,17,20,26,29,49H,4-7,9-10,12-16,18-19,21-25,27-28,30-48H2,1-3H3/b11-8-,20-17-,29-26-. The van der Waals surface area contributed by atoms with Gasteiger partial charge in [-0.2, -0.15) is 0 Å². The fraction of sp³-hybridized carbons (Fsp3) is 0.843. The van der Waals surface area contributed by atoms with Crippen molar-refractivity contribution in [1.82, 2.24) is 0 Å². The molecule has 0 aromatic heterocycles. The van der Waals surface area contributed by atoms with Gasteiger partial charge in [-0.3, -0.25) is 9.59 Å². The molecule has 0 saturated heterocycles. The summed E-state index contributed by atoms with van der Waals surface area (Å²) in [4.78, 5) is 25.3. The van der Waals surface area contributed by atoms with Crippen molar-refractivity contribution in [3.63, 3.8) is 0 Å². The summed E-state index contributed by atoms with van der Waals surface area (Å²) in [7, 11) is 0. The molecule has 0 aliphatic carbocycles. The van der Waals surface area contributed by atoms with Gasteiger partial charge < -0.3 is 14.2 Å². The van der Waals surface area contributed by atoms with Crippen LogP contribution in [0.1, 0.15) is 252 Å². The fourth-order valence-corrected chi connectivity index (χ4v) is 7.05. The Bertz CT molecular complexity index is 893. The van der Waals surface area contributed by atoms with Crippen LogP contribution in [0.5, 0.6) is 0 Å². The molecule has 0 amide bonds. The van der Waals surface area contributed by atoms with Gasteiger partial charge in [0.2, 0.25) is 0 Å². The van der Waals surface area contributed by atoms with Crippen molar-refractivity contribution >= 4 is 11.9 Å². The van der Waals surface area contributed by atoms with E-state index in [1.165, 1.54) is 154 Å². The highest BCUT2D eigenvalue weighted by Gasteiger charge is 2.17. The number of rotatable bonds is 45. The van der Waals surface area contributed by atoms with Gasteiger partial charge in [0.25, 0.3) is 0 Å². The molecule has 0 heterocycles. The first-order valence-corrected chi connectivity index (χ1v) is 24.5. The zero-order chi connectivity index (χ0) is 40.7. The molecule has 1 unspecified atom stereocenters. The number of hydrogen-bond acceptors (Lipinski definition) is 5. The third kappa shape index (κ3) is 44.8. The third-order valence-electron chi connectivity index (χ3n) is 10.7. The summed E-state index contributed by atoms with van der Waals surface area (Å²) >= 11 is 0. The minimum atomic E-state index is -0.540. The van der Waals surface area contributed by atoms with Crippen molar-refractivity contribution in [2.45, 2.75) is 258 Å². The second-order valence-corrected chi connectivity index (χ2v) is 16.4. The quantitative estimate of drug-likeness (QED) is 0.0349. The molecule has 0 fully saturated rings. The SMILES string of the molecule is CC/C=C\C/C=C\C/C=C\CCCCCC(=O)OCC(COCCCCCCCCCCCCCCCC)OC(=O)CCCCCCCCCCCCCCC. The van der Waals surface area contributed by atoms with Crippen LogP contribution in [0, 0.1) is 0 Å². The lowest BCUT2D eigenvalue weighted by Crippen LogP contribution is -2.30. The minimum Gasteiger partial charge on any atom is -0.462 e. The molecule has 0 rings (SSSR count). The van der Waals surface area contributed by atoms with Crippen LogP contribution in [0.4, 0.5) is 0 Å². The molecule has 0 N–H and O–H groups in total. The number of carbonyl (C=O) groups is 2. The van der Waals surface area contributed by atoms with E-state index in [1.807, 2.05) is 0 Å². The van der Waals surface area contributed by atoms with Gasteiger partial charge >= 0.3 is 11.9 Å². The van der Waals surface area contributed by atoms with Crippen LogP contribution in [0.15, 0.2) is 36.5 Å². The lowest BCUT2D eigenvalue weighted by atomic mass is 10.0. The maximum Gasteiger partial charge on any atom is 0.306 e. The van der Waals surface area contributed by atoms with E-state index < -0.39 is 6.10 Å². The Morgan fingerprint density at radius 1 is 0.411 bits per heavy atom. The minimum absolute atomic E-state index is 0.0758. The maximum absolute atomic E-state index is 12.7. The van der Waals surface area contributed by atoms with Crippen molar-refractivity contribution in [3.05, 3.63) is 36.5 Å². The molecule has 1 atom stereocenters. The normalized spacial score (nSPS) is 12.4. The maximum atomic E-state index is 12.7. The van der Waals surface area contributed by atoms with Gasteiger partial charge in [0.15, 0.2) is 6.10 Å². The summed E-state index contributed by atoms with van der Waals surface area (Å²) in [5.41, 5.74) is 0. The van der Waals surface area contributed by atoms with Crippen molar-refractivity contribution in [2.24, 2.45) is 0 Å². The van der Waals surface area contributed by atoms with Gasteiger partial charge in [0, 0.05) is 19.4 Å². The summed E-state index contributed by atoms with van der Waals surface area (Å²) in [6, 6.07) is 0. The van der Waals surface area contributed by atoms with Crippen molar-refractivity contribution in [3.8, 4) is 0 Å². The van der Waals surface area contributed by atoms with Crippen LogP contribution in [0.2, 0.25) is 0 Å². The number of hydrogen-bond donors (Lipinski definition) is 0. The zero-order valence-corrected chi connectivity index (χ0v) is 37.7. The van der Waals surface area contributed by atoms with Gasteiger partial charge in [0.05, 0.1) is 6.61 Å². The molecule has 328 valence electrons. The molecule has 0 radical (unpaired) electrons. The molecule has 0 bridgehead atoms. The Morgan fingerprint density at radius 2 is 0.804 bits per heavy atom. The number of ether oxygens (including phenoxy) is 3. The lowest BCUT2D eigenvalue weighted by Gasteiger charge is -2.18. The van der Waals surface area contributed by atoms with Crippen LogP contribution in [-0.2, 0) is 23.8 Å². The molecule has 5 heteroatoms. The molecule has 56 heavy (non-hydrogen) atoms. The predicted octanol–water partition coefficient (Wildman–Crippen LogP) is 16.2. The molecular weight excluding hydrogens is 693 g/mol. The molecule has 0 saturated carbocycles. The Kier molecular flexibility index (Phi) is 45.9. The van der Waals surface area contributed by atoms with Crippen LogP contribution in [-0.4, -0.2) is 37.9 Å². The average Bonchev–Trinajstić information content (AvgIpc) is 3.20. The first-order valence-electron chi connectivity index (χ1n) is 24.5. The zero-order valence-electron chi connectivity index (χ0n) is 37.7. The first kappa shape index (κ1) is 54.1. The Morgan fingerprint density at radius 3 is 1.29 bits per heavy atom. The molecule has 0 aromatic rings. The topological polar surface area (TPSA) is 61.8 Å². The second kappa shape index (κ2) is 47.5. The van der Waals surface area contributed by atoms with E-state index in [0.717, 1.165) is 64.2 Å². The Labute approximate surface area is 349 Å². The smallest absolute Gasteiger partial charge is 0.306 e. The van der Waals surface area contributed by atoms with Gasteiger partial charge in [-0.15, -0.1) is 0 Å². The van der Waals surface area contributed by atoms with Crippen LogP contribution < -0.4 is 0 Å². The van der Waals surface area contributed by atoms with Crippen LogP contribution in [0.25, 0.3) is 0 Å². The predicted molar refractivity (Wildman–Crippen MR) is 242 cm³/mol. The lowest BCUT2D eigenvalue weighted by molar-refractivity contribution is -0.163. The van der Waals surface area contributed by atoms with E-state index >= 15 is 0 Å². The van der Waals surface area contributed by atoms with Gasteiger partial charge in [0.1, 0.15) is 6.61 Å². The van der Waals surface area contributed by atoms with Gasteiger partial charge in [-0.05, 0) is 51.4 Å². The van der Waals surface area contributed by atoms with E-state index in [0.29, 0.717) is 19.4 Å². The molecule has 0 spiro atoms. The van der Waals surface area contributed by atoms with E-state index in [2.05, 4.69) is 57.2 Å². The van der Waals surface area contributed by atoms with Crippen LogP contribution in [0.3, 0.4) is 0 Å². The largest absolute Gasteiger partial charge is 0.462 e. The molecule has 0 aliphatic rings. The molecular formula is C51H94O5. The highest BCUT2D eigenvalue weighted by molar-refractivity contribution is 5.70. The average molecular weight is 787 g/mol. The number of esters is 2. The van der Waals surface area contributed by atoms with Crippen molar-refractivity contribution in [1.29, 1.82) is 0 Å². The van der Waals surface area contributed by atoms with E-state index in [-0.39, 0.29) is 25.2 Å². The van der Waals surface area contributed by atoms with Crippen molar-refractivity contribution < 1.29 is 23.8 Å². The first-order chi connectivity index (χ1) is 27.6. The van der Waals surface area contributed by atoms with E-state index in [1.54, 1.807) is 0 Å². The van der Waals surface area contributed by atoms with Crippen molar-refractivity contribution in [2.75, 3.05) is 19.8 Å². The number of allylic oxidation sites excluding steroid dienone is 6. The third-order valence-corrected chi connectivity index (χ3v) is 10.7. The van der Waals surface area contributed by atoms with Gasteiger partial charge in [-0.25, -0.2) is 0 Å². The van der Waals surface area contributed by atoms with Gasteiger partial charge in [-0.1, -0.05) is 224 Å². The van der Waals surface area contributed by atoms with Crippen LogP contribution >= 0.6 is 0 Å². The summed E-state index contributed by atoms with van der Waals surface area (Å²) in [5.74, 6) is -0.418. The molecule has 0 aromatic carbocycles. The fourth-order valence-electron chi connectivity index (χ4n) is 7.05. The summed E-state index contributed by atoms with van der Waals surface area (Å²) in [6.07, 6.45) is 55.7. The molecule has 5 nitrogen and oxygen atoms in total. The monoisotopic (exact) mass is 787 g/mol. The number of unbranched alkanes of at least 4 members (excludes halogenated alkanes) is 28. The summed E-state index contributed by atoms with van der Waals surface area (Å²) in [6.45, 7) is 7.72. The Hall–Kier alpha value is -1.88. The Balaban J connectivity index is 4.26. The van der Waals surface area contributed by atoms with E-state index in [9.17, 15) is 9.59 Å². The number of carbonyl (C=O) groups excluding carboxylic acids is 2. The summed E-state index contributed by atoms with van der Waals surface area (Å²) < 4.78 is 17.3. The highest BCUT2D eigenvalue weighted by Crippen LogP contribution is 2.15. The summed E-state index contributed by atoms with van der Waals surface area (Å²) in [5, 5.41) is 0. The highest BCUT2D eigenvalue weighted by atomic mass is 16.6. The second-order valence-electron chi connectivity index (χ2n) is 16.4. The van der Waals surface area contributed by atoms with E-state index in [4.69, 9.17) is 14.2 Å². The molecule has 0 aliphatic heterocycles.